The average molecular weight is 269 g/mol. The van der Waals surface area contributed by atoms with Gasteiger partial charge in [0.1, 0.15) is 0 Å². The number of carbonyl (C=O) groups excluding carboxylic acids is 2. The molecule has 0 aromatic rings. The molecule has 5 nitrogen and oxygen atoms in total. The van der Waals surface area contributed by atoms with E-state index in [1.54, 1.807) is 4.90 Å². The Labute approximate surface area is 116 Å². The molecule has 1 saturated heterocycles. The van der Waals surface area contributed by atoms with Crippen LogP contribution in [0.2, 0.25) is 0 Å². The minimum absolute atomic E-state index is 0.0182. The van der Waals surface area contributed by atoms with Crippen LogP contribution < -0.4 is 5.73 Å². The van der Waals surface area contributed by atoms with Crippen molar-refractivity contribution in [3.8, 4) is 0 Å². The first-order valence-corrected chi connectivity index (χ1v) is 7.21. The largest absolute Gasteiger partial charge is 0.339 e. The van der Waals surface area contributed by atoms with Gasteiger partial charge in [-0.2, -0.15) is 0 Å². The van der Waals surface area contributed by atoms with Crippen molar-refractivity contribution in [1.29, 1.82) is 0 Å². The highest BCUT2D eigenvalue weighted by molar-refractivity contribution is 5.83. The first-order chi connectivity index (χ1) is 8.88. The first-order valence-electron chi connectivity index (χ1n) is 7.21. The molecule has 1 rings (SSSR count). The van der Waals surface area contributed by atoms with Gasteiger partial charge in [-0.1, -0.05) is 34.1 Å². The van der Waals surface area contributed by atoms with Gasteiger partial charge in [0, 0.05) is 32.1 Å². The second kappa shape index (κ2) is 6.89. The molecule has 0 aliphatic carbocycles. The number of hydrogen-bond acceptors (Lipinski definition) is 3. The van der Waals surface area contributed by atoms with E-state index in [0.29, 0.717) is 26.2 Å². The second-order valence-electron chi connectivity index (χ2n) is 5.72. The van der Waals surface area contributed by atoms with Crippen LogP contribution in [-0.4, -0.2) is 53.8 Å². The van der Waals surface area contributed by atoms with Crippen molar-refractivity contribution in [3.05, 3.63) is 0 Å². The molecule has 0 aromatic carbocycles. The fourth-order valence-corrected chi connectivity index (χ4v) is 2.22. The average Bonchev–Trinajstić information content (AvgIpc) is 2.44. The molecule has 0 spiro atoms. The predicted molar refractivity (Wildman–Crippen MR) is 75.4 cm³/mol. The lowest BCUT2D eigenvalue weighted by Crippen LogP contribution is -2.56. The van der Waals surface area contributed by atoms with Crippen molar-refractivity contribution >= 4 is 11.8 Å². The van der Waals surface area contributed by atoms with Gasteiger partial charge in [0.25, 0.3) is 0 Å². The number of rotatable bonds is 4. The zero-order valence-electron chi connectivity index (χ0n) is 12.6. The summed E-state index contributed by atoms with van der Waals surface area (Å²) in [4.78, 5) is 27.7. The maximum atomic E-state index is 12.2. The zero-order chi connectivity index (χ0) is 14.6. The van der Waals surface area contributed by atoms with Crippen LogP contribution in [0.4, 0.5) is 0 Å². The van der Waals surface area contributed by atoms with Gasteiger partial charge in [-0.25, -0.2) is 0 Å². The molecule has 0 bridgehead atoms. The van der Waals surface area contributed by atoms with E-state index in [1.165, 1.54) is 0 Å². The van der Waals surface area contributed by atoms with Gasteiger partial charge in [-0.3, -0.25) is 9.59 Å². The molecule has 1 heterocycles. The van der Waals surface area contributed by atoms with Crippen LogP contribution in [-0.2, 0) is 9.59 Å². The molecule has 5 heteroatoms. The molecule has 1 aliphatic heterocycles. The van der Waals surface area contributed by atoms with Crippen molar-refractivity contribution < 1.29 is 9.59 Å². The van der Waals surface area contributed by atoms with Crippen LogP contribution in [0.3, 0.4) is 0 Å². The number of nitrogens with two attached hydrogens (primary N) is 1. The highest BCUT2D eigenvalue weighted by Gasteiger charge is 2.29. The quantitative estimate of drug-likeness (QED) is 0.816. The van der Waals surface area contributed by atoms with Gasteiger partial charge >= 0.3 is 0 Å². The summed E-state index contributed by atoms with van der Waals surface area (Å²) >= 11 is 0. The van der Waals surface area contributed by atoms with Gasteiger partial charge in [-0.15, -0.1) is 0 Å². The Bertz CT molecular complexity index is 323. The van der Waals surface area contributed by atoms with Crippen LogP contribution in [0.25, 0.3) is 0 Å². The molecule has 1 fully saturated rings. The Balaban J connectivity index is 2.50. The molecule has 2 amide bonds. The minimum atomic E-state index is -0.419. The van der Waals surface area contributed by atoms with E-state index in [0.717, 1.165) is 6.42 Å². The highest BCUT2D eigenvalue weighted by atomic mass is 16.2. The van der Waals surface area contributed by atoms with E-state index in [9.17, 15) is 9.59 Å². The Kier molecular flexibility index (Phi) is 5.79. The monoisotopic (exact) mass is 269 g/mol. The molecule has 2 atom stereocenters. The van der Waals surface area contributed by atoms with Crippen molar-refractivity contribution in [2.75, 3.05) is 26.2 Å². The molecule has 110 valence electrons. The maximum Gasteiger partial charge on any atom is 0.239 e. The molecular formula is C14H27N3O2. The van der Waals surface area contributed by atoms with E-state index in [4.69, 9.17) is 5.73 Å². The standard InChI is InChI=1S/C14H27N3O2/c1-5-11(4)12(15)14(19)17-8-6-16(7-9-17)13(18)10(2)3/h10-12H,5-9,15H2,1-4H3/t11-,12-/m0/s1. The van der Waals surface area contributed by atoms with Gasteiger partial charge in [-0.05, 0) is 5.92 Å². The Morgan fingerprint density at radius 1 is 1.00 bits per heavy atom. The normalized spacial score (nSPS) is 19.5. The summed E-state index contributed by atoms with van der Waals surface area (Å²) in [5, 5.41) is 0. The highest BCUT2D eigenvalue weighted by Crippen LogP contribution is 2.12. The van der Waals surface area contributed by atoms with Crippen LogP contribution in [0.1, 0.15) is 34.1 Å². The number of carbonyl (C=O) groups is 2. The summed E-state index contributed by atoms with van der Waals surface area (Å²) in [6.07, 6.45) is 0.901. The van der Waals surface area contributed by atoms with E-state index in [2.05, 4.69) is 0 Å². The van der Waals surface area contributed by atoms with Gasteiger partial charge in [0.2, 0.25) is 11.8 Å². The number of nitrogens with zero attached hydrogens (tertiary/aromatic N) is 2. The van der Waals surface area contributed by atoms with E-state index >= 15 is 0 Å². The van der Waals surface area contributed by atoms with E-state index < -0.39 is 6.04 Å². The number of amides is 2. The zero-order valence-corrected chi connectivity index (χ0v) is 12.6. The Morgan fingerprint density at radius 3 is 1.79 bits per heavy atom. The summed E-state index contributed by atoms with van der Waals surface area (Å²) in [6, 6.07) is -0.419. The third-order valence-electron chi connectivity index (χ3n) is 3.94. The summed E-state index contributed by atoms with van der Waals surface area (Å²) < 4.78 is 0. The molecule has 0 unspecified atom stereocenters. The molecule has 2 N–H and O–H groups in total. The molecule has 0 saturated carbocycles. The fourth-order valence-electron chi connectivity index (χ4n) is 2.22. The van der Waals surface area contributed by atoms with Crippen LogP contribution in [0.5, 0.6) is 0 Å². The van der Waals surface area contributed by atoms with Gasteiger partial charge in [0.05, 0.1) is 6.04 Å². The van der Waals surface area contributed by atoms with Crippen LogP contribution >= 0.6 is 0 Å². The lowest BCUT2D eigenvalue weighted by molar-refractivity contribution is -0.142. The second-order valence-corrected chi connectivity index (χ2v) is 5.72. The summed E-state index contributed by atoms with van der Waals surface area (Å²) in [7, 11) is 0. The van der Waals surface area contributed by atoms with Crippen molar-refractivity contribution in [2.24, 2.45) is 17.6 Å². The summed E-state index contributed by atoms with van der Waals surface area (Å²) in [5.74, 6) is 0.400. The van der Waals surface area contributed by atoms with Gasteiger partial charge in [0.15, 0.2) is 0 Å². The SMILES string of the molecule is CC[C@H](C)[C@H](N)C(=O)N1CCN(C(=O)C(C)C)CC1. The number of hydrogen-bond donors (Lipinski definition) is 1. The third-order valence-corrected chi connectivity index (χ3v) is 3.94. The lowest BCUT2D eigenvalue weighted by atomic mass is 9.98. The van der Waals surface area contributed by atoms with Crippen LogP contribution in [0, 0.1) is 11.8 Å². The first kappa shape index (κ1) is 16.0. The molecule has 1 aliphatic rings. The molecule has 0 aromatic heterocycles. The molecular weight excluding hydrogens is 242 g/mol. The predicted octanol–water partition coefficient (Wildman–Crippen LogP) is 0.687. The van der Waals surface area contributed by atoms with Gasteiger partial charge < -0.3 is 15.5 Å². The topological polar surface area (TPSA) is 66.6 Å². The lowest BCUT2D eigenvalue weighted by Gasteiger charge is -2.37. The molecule has 19 heavy (non-hydrogen) atoms. The van der Waals surface area contributed by atoms with E-state index in [1.807, 2.05) is 32.6 Å². The smallest absolute Gasteiger partial charge is 0.239 e. The van der Waals surface area contributed by atoms with Crippen molar-refractivity contribution in [3.63, 3.8) is 0 Å². The summed E-state index contributed by atoms with van der Waals surface area (Å²) in [5.41, 5.74) is 5.97. The van der Waals surface area contributed by atoms with E-state index in [-0.39, 0.29) is 23.7 Å². The maximum absolute atomic E-state index is 12.2. The molecule has 0 radical (unpaired) electrons. The van der Waals surface area contributed by atoms with Crippen molar-refractivity contribution in [2.45, 2.75) is 40.2 Å². The minimum Gasteiger partial charge on any atom is -0.339 e. The number of piperazine rings is 1. The third kappa shape index (κ3) is 3.93. The Morgan fingerprint density at radius 2 is 1.42 bits per heavy atom. The van der Waals surface area contributed by atoms with Crippen molar-refractivity contribution in [1.82, 2.24) is 9.80 Å². The Hall–Kier alpha value is -1.10. The fraction of sp³-hybridized carbons (Fsp3) is 0.857. The van der Waals surface area contributed by atoms with Crippen LogP contribution in [0.15, 0.2) is 0 Å². The summed E-state index contributed by atoms with van der Waals surface area (Å²) in [6.45, 7) is 10.3.